The van der Waals surface area contributed by atoms with Gasteiger partial charge >= 0.3 is 17.9 Å². The molecule has 0 saturated heterocycles. The lowest BCUT2D eigenvalue weighted by molar-refractivity contribution is -0.134. The summed E-state index contributed by atoms with van der Waals surface area (Å²) in [5.74, 6) is -1.62. The molecule has 0 radical (unpaired) electrons. The molecule has 0 bridgehead atoms. The van der Waals surface area contributed by atoms with Gasteiger partial charge in [0, 0.05) is 6.42 Å². The van der Waals surface area contributed by atoms with Gasteiger partial charge in [-0.1, -0.05) is 94.7 Å². The van der Waals surface area contributed by atoms with Crippen LogP contribution in [-0.4, -0.2) is 49.4 Å². The molecule has 0 saturated carbocycles. The molecule has 8 heteroatoms. The summed E-state index contributed by atoms with van der Waals surface area (Å²) in [6.07, 6.45) is 20.4. The zero-order valence-corrected chi connectivity index (χ0v) is 26.3. The van der Waals surface area contributed by atoms with Crippen LogP contribution in [0.2, 0.25) is 0 Å². The topological polar surface area (TPSA) is 108 Å². The maximum atomic E-state index is 12.6. The molecule has 0 aliphatic rings. The molecule has 0 aromatic heterocycles. The van der Waals surface area contributed by atoms with Crippen molar-refractivity contribution < 1.29 is 38.4 Å². The van der Waals surface area contributed by atoms with Crippen LogP contribution in [0.1, 0.15) is 118 Å². The van der Waals surface area contributed by atoms with E-state index in [1.54, 1.807) is 36.4 Å². The van der Waals surface area contributed by atoms with E-state index < -0.39 is 11.9 Å². The monoisotopic (exact) mass is 610 g/mol. The van der Waals surface area contributed by atoms with Crippen LogP contribution in [0.25, 0.3) is 0 Å². The SMILES string of the molecule is CCCCCCCC/C=C\CCCCCCCC(=O)Oc1ccccc1C(=O)OCCOCCOC(=O)c1ccccc1O. The van der Waals surface area contributed by atoms with Gasteiger partial charge in [0.25, 0.3) is 0 Å². The zero-order valence-electron chi connectivity index (χ0n) is 26.3. The van der Waals surface area contributed by atoms with Crippen LogP contribution in [0.15, 0.2) is 60.7 Å². The summed E-state index contributed by atoms with van der Waals surface area (Å²) in [5.41, 5.74) is 0.246. The first-order valence-electron chi connectivity index (χ1n) is 16.2. The molecule has 2 rings (SSSR count). The third-order valence-corrected chi connectivity index (χ3v) is 7.02. The Hall–Kier alpha value is -3.65. The summed E-state index contributed by atoms with van der Waals surface area (Å²) in [4.78, 5) is 36.9. The van der Waals surface area contributed by atoms with E-state index in [0.717, 1.165) is 32.1 Å². The highest BCUT2D eigenvalue weighted by Crippen LogP contribution is 2.20. The first kappa shape index (κ1) is 36.5. The van der Waals surface area contributed by atoms with Crippen LogP contribution in [0.3, 0.4) is 0 Å². The van der Waals surface area contributed by atoms with Crippen molar-refractivity contribution in [3.05, 3.63) is 71.8 Å². The third-order valence-electron chi connectivity index (χ3n) is 7.02. The molecule has 242 valence electrons. The van der Waals surface area contributed by atoms with Crippen molar-refractivity contribution in [1.82, 2.24) is 0 Å². The second kappa shape index (κ2) is 23.8. The number of phenolic OH excluding ortho intramolecular Hbond substituents is 1. The standard InChI is InChI=1S/C36H50O8/c1-2-3-4-5-6-7-8-9-10-11-12-13-14-15-16-25-34(38)44-33-24-20-18-22-31(33)36(40)43-29-27-41-26-28-42-35(39)30-21-17-19-23-32(30)37/h9-10,17-24,37H,2-8,11-16,25-29H2,1H3/b10-9-. The van der Waals surface area contributed by atoms with Crippen molar-refractivity contribution in [2.24, 2.45) is 0 Å². The third kappa shape index (κ3) is 16.3. The summed E-state index contributed by atoms with van der Waals surface area (Å²) in [6.45, 7) is 2.40. The number of ether oxygens (including phenoxy) is 4. The Balaban J connectivity index is 1.52. The van der Waals surface area contributed by atoms with Crippen LogP contribution in [0, 0.1) is 0 Å². The fourth-order valence-corrected chi connectivity index (χ4v) is 4.53. The quantitative estimate of drug-likeness (QED) is 0.0547. The first-order valence-corrected chi connectivity index (χ1v) is 16.2. The van der Waals surface area contributed by atoms with Gasteiger partial charge in [-0.3, -0.25) is 4.79 Å². The van der Waals surface area contributed by atoms with Gasteiger partial charge in [-0.05, 0) is 56.4 Å². The van der Waals surface area contributed by atoms with Crippen LogP contribution < -0.4 is 4.74 Å². The molecule has 8 nitrogen and oxygen atoms in total. The molecule has 0 aliphatic heterocycles. The normalized spacial score (nSPS) is 11.0. The van der Waals surface area contributed by atoms with E-state index in [4.69, 9.17) is 18.9 Å². The number of carbonyl (C=O) groups is 3. The Morgan fingerprint density at radius 2 is 1.16 bits per heavy atom. The van der Waals surface area contributed by atoms with Crippen molar-refractivity contribution in [3.63, 3.8) is 0 Å². The average molecular weight is 611 g/mol. The number of rotatable bonds is 24. The molecule has 0 unspecified atom stereocenters. The number of carbonyl (C=O) groups excluding carboxylic acids is 3. The number of allylic oxidation sites excluding steroid dienone is 2. The first-order chi connectivity index (χ1) is 21.5. The summed E-state index contributed by atoms with van der Waals surface area (Å²) >= 11 is 0. The fourth-order valence-electron chi connectivity index (χ4n) is 4.53. The lowest BCUT2D eigenvalue weighted by Gasteiger charge is -2.10. The van der Waals surface area contributed by atoms with Crippen molar-refractivity contribution in [1.29, 1.82) is 0 Å². The smallest absolute Gasteiger partial charge is 0.342 e. The number of hydrogen-bond acceptors (Lipinski definition) is 8. The summed E-state index contributed by atoms with van der Waals surface area (Å²) in [7, 11) is 0. The molecule has 0 atom stereocenters. The predicted octanol–water partition coefficient (Wildman–Crippen LogP) is 8.37. The number of phenols is 1. The van der Waals surface area contributed by atoms with E-state index in [1.165, 1.54) is 63.5 Å². The highest BCUT2D eigenvalue weighted by atomic mass is 16.6. The largest absolute Gasteiger partial charge is 0.507 e. The zero-order chi connectivity index (χ0) is 31.7. The maximum absolute atomic E-state index is 12.6. The second-order valence-electron chi connectivity index (χ2n) is 10.7. The number of hydrogen-bond donors (Lipinski definition) is 1. The summed E-state index contributed by atoms with van der Waals surface area (Å²) in [5, 5.41) is 9.68. The Morgan fingerprint density at radius 1 is 0.636 bits per heavy atom. The Kier molecular flexibility index (Phi) is 19.7. The number of unbranched alkanes of at least 4 members (excludes halogenated alkanes) is 11. The van der Waals surface area contributed by atoms with E-state index in [0.29, 0.717) is 6.42 Å². The minimum absolute atomic E-state index is 0.0173. The van der Waals surface area contributed by atoms with Crippen molar-refractivity contribution in [2.45, 2.75) is 96.8 Å². The molecule has 0 amide bonds. The molecular formula is C36H50O8. The van der Waals surface area contributed by atoms with Crippen LogP contribution in [0.4, 0.5) is 0 Å². The Labute approximate surface area is 262 Å². The maximum Gasteiger partial charge on any atom is 0.342 e. The molecule has 0 fully saturated rings. The van der Waals surface area contributed by atoms with Gasteiger partial charge in [0.15, 0.2) is 0 Å². The highest BCUT2D eigenvalue weighted by Gasteiger charge is 2.16. The predicted molar refractivity (Wildman–Crippen MR) is 171 cm³/mol. The number of benzene rings is 2. The molecule has 2 aromatic rings. The van der Waals surface area contributed by atoms with E-state index in [9.17, 15) is 19.5 Å². The van der Waals surface area contributed by atoms with E-state index in [2.05, 4.69) is 19.1 Å². The van der Waals surface area contributed by atoms with E-state index in [1.807, 2.05) is 0 Å². The van der Waals surface area contributed by atoms with Crippen LogP contribution >= 0.6 is 0 Å². The van der Waals surface area contributed by atoms with Crippen molar-refractivity contribution >= 4 is 17.9 Å². The molecule has 0 spiro atoms. The van der Waals surface area contributed by atoms with Gasteiger partial charge in [0.1, 0.15) is 35.8 Å². The fraction of sp³-hybridized carbons (Fsp3) is 0.528. The lowest BCUT2D eigenvalue weighted by atomic mass is 10.1. The number of esters is 3. The van der Waals surface area contributed by atoms with Gasteiger partial charge < -0.3 is 24.1 Å². The van der Waals surface area contributed by atoms with E-state index >= 15 is 0 Å². The lowest BCUT2D eigenvalue weighted by Crippen LogP contribution is -2.16. The molecule has 0 heterocycles. The highest BCUT2D eigenvalue weighted by molar-refractivity contribution is 5.93. The van der Waals surface area contributed by atoms with E-state index in [-0.39, 0.29) is 55.0 Å². The molecule has 1 N–H and O–H groups in total. The minimum atomic E-state index is -0.651. The van der Waals surface area contributed by atoms with Crippen LogP contribution in [0.5, 0.6) is 11.5 Å². The summed E-state index contributed by atoms with van der Waals surface area (Å²) in [6, 6.07) is 12.6. The van der Waals surface area contributed by atoms with Crippen molar-refractivity contribution in [3.8, 4) is 11.5 Å². The molecule has 2 aromatic carbocycles. The molecular weight excluding hydrogens is 560 g/mol. The van der Waals surface area contributed by atoms with Crippen molar-refractivity contribution in [2.75, 3.05) is 26.4 Å². The van der Waals surface area contributed by atoms with Gasteiger partial charge in [-0.15, -0.1) is 0 Å². The summed E-state index contributed by atoms with van der Waals surface area (Å²) < 4.78 is 21.1. The molecule has 0 aliphatic carbocycles. The van der Waals surface area contributed by atoms with Crippen LogP contribution in [-0.2, 0) is 19.0 Å². The Bertz CT molecular complexity index is 1130. The Morgan fingerprint density at radius 3 is 1.80 bits per heavy atom. The van der Waals surface area contributed by atoms with Gasteiger partial charge in [0.2, 0.25) is 0 Å². The number of para-hydroxylation sites is 2. The van der Waals surface area contributed by atoms with Gasteiger partial charge in [0.05, 0.1) is 13.2 Å². The second-order valence-corrected chi connectivity index (χ2v) is 10.7. The number of aromatic hydroxyl groups is 1. The van der Waals surface area contributed by atoms with Gasteiger partial charge in [-0.2, -0.15) is 0 Å². The molecule has 44 heavy (non-hydrogen) atoms. The minimum Gasteiger partial charge on any atom is -0.507 e. The average Bonchev–Trinajstić information content (AvgIpc) is 3.02. The van der Waals surface area contributed by atoms with Gasteiger partial charge in [-0.25, -0.2) is 9.59 Å².